The standard InChI is InChI=1S/C13H20FN3/c1-2-7-15-12-4-3-8-17(10-12)13-6-5-11(14)9-16-13/h5-6,9,12,15H,2-4,7-8,10H2,1H3. The summed E-state index contributed by atoms with van der Waals surface area (Å²) >= 11 is 0. The first-order chi connectivity index (χ1) is 8.29. The van der Waals surface area contributed by atoms with E-state index in [0.717, 1.165) is 31.9 Å². The van der Waals surface area contributed by atoms with Gasteiger partial charge in [-0.15, -0.1) is 0 Å². The van der Waals surface area contributed by atoms with Crippen molar-refractivity contribution in [3.8, 4) is 0 Å². The minimum Gasteiger partial charge on any atom is -0.355 e. The quantitative estimate of drug-likeness (QED) is 0.870. The summed E-state index contributed by atoms with van der Waals surface area (Å²) in [6.45, 7) is 5.23. The zero-order valence-electron chi connectivity index (χ0n) is 10.3. The highest BCUT2D eigenvalue weighted by atomic mass is 19.1. The highest BCUT2D eigenvalue weighted by molar-refractivity contribution is 5.38. The number of rotatable bonds is 4. The van der Waals surface area contributed by atoms with Crippen molar-refractivity contribution in [3.05, 3.63) is 24.1 Å². The van der Waals surface area contributed by atoms with Crippen LogP contribution in [0.4, 0.5) is 10.2 Å². The molecule has 1 aromatic rings. The maximum absolute atomic E-state index is 12.8. The third-order valence-corrected chi connectivity index (χ3v) is 3.14. The number of piperidine rings is 1. The molecule has 1 fully saturated rings. The van der Waals surface area contributed by atoms with E-state index in [1.165, 1.54) is 25.1 Å². The molecule has 1 aliphatic rings. The lowest BCUT2D eigenvalue weighted by Gasteiger charge is -2.34. The van der Waals surface area contributed by atoms with Gasteiger partial charge >= 0.3 is 0 Å². The Kier molecular flexibility index (Phi) is 4.31. The normalized spacial score (nSPS) is 20.6. The second-order valence-electron chi connectivity index (χ2n) is 4.57. The number of nitrogens with zero attached hydrogens (tertiary/aromatic N) is 2. The summed E-state index contributed by atoms with van der Waals surface area (Å²) in [5.41, 5.74) is 0. The van der Waals surface area contributed by atoms with Crippen LogP contribution in [0.15, 0.2) is 18.3 Å². The number of pyridine rings is 1. The summed E-state index contributed by atoms with van der Waals surface area (Å²) in [6.07, 6.45) is 4.84. The van der Waals surface area contributed by atoms with Crippen molar-refractivity contribution in [1.29, 1.82) is 0 Å². The maximum Gasteiger partial charge on any atom is 0.141 e. The SMILES string of the molecule is CCCNC1CCCN(c2ccc(F)cn2)C1. The third kappa shape index (κ3) is 3.40. The fraction of sp³-hybridized carbons (Fsp3) is 0.615. The smallest absolute Gasteiger partial charge is 0.141 e. The van der Waals surface area contributed by atoms with Crippen molar-refractivity contribution in [1.82, 2.24) is 10.3 Å². The summed E-state index contributed by atoms with van der Waals surface area (Å²) in [7, 11) is 0. The molecule has 17 heavy (non-hydrogen) atoms. The van der Waals surface area contributed by atoms with Gasteiger partial charge in [0.15, 0.2) is 0 Å². The van der Waals surface area contributed by atoms with Crippen molar-refractivity contribution in [2.45, 2.75) is 32.2 Å². The topological polar surface area (TPSA) is 28.2 Å². The Hall–Kier alpha value is -1.16. The van der Waals surface area contributed by atoms with Crippen LogP contribution in [0.2, 0.25) is 0 Å². The van der Waals surface area contributed by atoms with Gasteiger partial charge < -0.3 is 10.2 Å². The molecule has 0 aliphatic carbocycles. The number of anilines is 1. The molecule has 0 bridgehead atoms. The molecule has 1 aromatic heterocycles. The third-order valence-electron chi connectivity index (χ3n) is 3.14. The average Bonchev–Trinajstić information content (AvgIpc) is 2.37. The van der Waals surface area contributed by atoms with E-state index in [1.54, 1.807) is 6.07 Å². The van der Waals surface area contributed by atoms with Gasteiger partial charge in [0, 0.05) is 19.1 Å². The van der Waals surface area contributed by atoms with Gasteiger partial charge in [0.05, 0.1) is 6.20 Å². The van der Waals surface area contributed by atoms with Crippen molar-refractivity contribution < 1.29 is 4.39 Å². The Morgan fingerprint density at radius 2 is 2.41 bits per heavy atom. The first-order valence-electron chi connectivity index (χ1n) is 6.39. The molecular weight excluding hydrogens is 217 g/mol. The van der Waals surface area contributed by atoms with E-state index in [4.69, 9.17) is 0 Å². The largest absolute Gasteiger partial charge is 0.355 e. The lowest BCUT2D eigenvalue weighted by atomic mass is 10.1. The number of halogens is 1. The Morgan fingerprint density at radius 1 is 1.53 bits per heavy atom. The first kappa shape index (κ1) is 12.3. The van der Waals surface area contributed by atoms with E-state index in [0.29, 0.717) is 6.04 Å². The van der Waals surface area contributed by atoms with Crippen molar-refractivity contribution in [2.75, 3.05) is 24.5 Å². The van der Waals surface area contributed by atoms with Crippen LogP contribution in [0.5, 0.6) is 0 Å². The van der Waals surface area contributed by atoms with Gasteiger partial charge in [0.25, 0.3) is 0 Å². The molecule has 3 nitrogen and oxygen atoms in total. The highest BCUT2D eigenvalue weighted by Gasteiger charge is 2.19. The van der Waals surface area contributed by atoms with Crippen molar-refractivity contribution in [2.24, 2.45) is 0 Å². The molecule has 0 aromatic carbocycles. The van der Waals surface area contributed by atoms with Gasteiger partial charge in [0.2, 0.25) is 0 Å². The molecule has 1 N–H and O–H groups in total. The van der Waals surface area contributed by atoms with Gasteiger partial charge in [-0.3, -0.25) is 0 Å². The van der Waals surface area contributed by atoms with Crippen LogP contribution in [0.25, 0.3) is 0 Å². The lowest BCUT2D eigenvalue weighted by molar-refractivity contribution is 0.421. The molecule has 0 radical (unpaired) electrons. The second-order valence-corrected chi connectivity index (χ2v) is 4.57. The van der Waals surface area contributed by atoms with Crippen LogP contribution in [-0.4, -0.2) is 30.7 Å². The Balaban J connectivity index is 1.94. The van der Waals surface area contributed by atoms with E-state index >= 15 is 0 Å². The van der Waals surface area contributed by atoms with Crippen LogP contribution >= 0.6 is 0 Å². The molecule has 2 rings (SSSR count). The predicted molar refractivity (Wildman–Crippen MR) is 67.7 cm³/mol. The Labute approximate surface area is 102 Å². The van der Waals surface area contributed by atoms with Gasteiger partial charge in [-0.05, 0) is 37.9 Å². The molecule has 0 amide bonds. The Bertz CT molecular complexity index is 339. The predicted octanol–water partition coefficient (Wildman–Crippen LogP) is 2.19. The second kappa shape index (κ2) is 5.96. The number of hydrogen-bond donors (Lipinski definition) is 1. The molecule has 94 valence electrons. The van der Waals surface area contributed by atoms with Gasteiger partial charge in [-0.25, -0.2) is 9.37 Å². The summed E-state index contributed by atoms with van der Waals surface area (Å²) in [6, 6.07) is 3.78. The first-order valence-corrected chi connectivity index (χ1v) is 6.39. The van der Waals surface area contributed by atoms with Crippen molar-refractivity contribution in [3.63, 3.8) is 0 Å². The van der Waals surface area contributed by atoms with E-state index in [1.807, 2.05) is 0 Å². The van der Waals surface area contributed by atoms with E-state index in [2.05, 4.69) is 22.1 Å². The van der Waals surface area contributed by atoms with E-state index in [9.17, 15) is 4.39 Å². The van der Waals surface area contributed by atoms with Crippen LogP contribution in [-0.2, 0) is 0 Å². The monoisotopic (exact) mass is 237 g/mol. The lowest BCUT2D eigenvalue weighted by Crippen LogP contribution is -2.46. The van der Waals surface area contributed by atoms with E-state index in [-0.39, 0.29) is 5.82 Å². The number of nitrogens with one attached hydrogen (secondary N) is 1. The summed E-state index contributed by atoms with van der Waals surface area (Å²) in [4.78, 5) is 6.37. The molecule has 1 aliphatic heterocycles. The molecule has 1 atom stereocenters. The molecule has 0 saturated carbocycles. The van der Waals surface area contributed by atoms with Gasteiger partial charge in [0.1, 0.15) is 11.6 Å². The summed E-state index contributed by atoms with van der Waals surface area (Å²) in [5, 5.41) is 3.54. The highest BCUT2D eigenvalue weighted by Crippen LogP contribution is 2.17. The van der Waals surface area contributed by atoms with Crippen LogP contribution in [0.1, 0.15) is 26.2 Å². The number of hydrogen-bond acceptors (Lipinski definition) is 3. The fourth-order valence-electron chi connectivity index (χ4n) is 2.26. The maximum atomic E-state index is 12.8. The molecule has 2 heterocycles. The van der Waals surface area contributed by atoms with Crippen LogP contribution in [0, 0.1) is 5.82 Å². The summed E-state index contributed by atoms with van der Waals surface area (Å²) in [5.74, 6) is 0.612. The minimum absolute atomic E-state index is 0.272. The van der Waals surface area contributed by atoms with E-state index < -0.39 is 0 Å². The zero-order valence-corrected chi connectivity index (χ0v) is 10.3. The molecule has 4 heteroatoms. The molecule has 1 saturated heterocycles. The number of aromatic nitrogens is 1. The molecule has 1 unspecified atom stereocenters. The Morgan fingerprint density at radius 3 is 3.12 bits per heavy atom. The van der Waals surface area contributed by atoms with Gasteiger partial charge in [-0.2, -0.15) is 0 Å². The van der Waals surface area contributed by atoms with Crippen LogP contribution < -0.4 is 10.2 Å². The van der Waals surface area contributed by atoms with Crippen LogP contribution in [0.3, 0.4) is 0 Å². The average molecular weight is 237 g/mol. The van der Waals surface area contributed by atoms with Crippen molar-refractivity contribution >= 4 is 5.82 Å². The van der Waals surface area contributed by atoms with Gasteiger partial charge in [-0.1, -0.05) is 6.92 Å². The summed E-state index contributed by atoms with van der Waals surface area (Å²) < 4.78 is 12.8. The molecule has 0 spiro atoms. The zero-order chi connectivity index (χ0) is 12.1. The minimum atomic E-state index is -0.272. The fourth-order valence-corrected chi connectivity index (χ4v) is 2.26. The molecular formula is C13H20FN3.